The van der Waals surface area contributed by atoms with Crippen LogP contribution in [-0.2, 0) is 6.42 Å². The van der Waals surface area contributed by atoms with Crippen LogP contribution in [0.1, 0.15) is 12.5 Å². The predicted molar refractivity (Wildman–Crippen MR) is 101 cm³/mol. The summed E-state index contributed by atoms with van der Waals surface area (Å²) in [6.45, 7) is 1.94. The summed E-state index contributed by atoms with van der Waals surface area (Å²) in [4.78, 5) is 12.3. The van der Waals surface area contributed by atoms with Crippen LogP contribution in [0.2, 0.25) is 0 Å². The van der Waals surface area contributed by atoms with Crippen molar-refractivity contribution in [3.8, 4) is 28.3 Å². The Labute approximate surface area is 150 Å². The molecule has 0 unspecified atom stereocenters. The van der Waals surface area contributed by atoms with Crippen molar-refractivity contribution in [2.45, 2.75) is 13.3 Å². The first-order valence-electron chi connectivity index (χ1n) is 8.47. The van der Waals surface area contributed by atoms with Gasteiger partial charge in [0.2, 0.25) is 0 Å². The summed E-state index contributed by atoms with van der Waals surface area (Å²) in [5, 5.41) is 0. The number of pyridine rings is 1. The van der Waals surface area contributed by atoms with Gasteiger partial charge in [0.1, 0.15) is 22.9 Å². The molecule has 0 bridgehead atoms. The number of halogens is 1. The summed E-state index contributed by atoms with van der Waals surface area (Å²) < 4.78 is 19.5. The van der Waals surface area contributed by atoms with E-state index < -0.39 is 0 Å². The maximum Gasteiger partial charge on any atom is 0.158 e. The third-order valence-electron chi connectivity index (χ3n) is 4.47. The lowest BCUT2D eigenvalue weighted by atomic mass is 10.0. The number of hydrogen-bond donors (Lipinski definition) is 1. The van der Waals surface area contributed by atoms with Gasteiger partial charge in [-0.2, -0.15) is 0 Å². The second-order valence-corrected chi connectivity index (χ2v) is 6.03. The van der Waals surface area contributed by atoms with Crippen molar-refractivity contribution < 1.29 is 9.13 Å². The number of nitrogens with zero attached hydrogens (tertiary/aromatic N) is 2. The second kappa shape index (κ2) is 6.59. The summed E-state index contributed by atoms with van der Waals surface area (Å²) in [6, 6.07) is 14.8. The van der Waals surface area contributed by atoms with Crippen LogP contribution in [0.3, 0.4) is 0 Å². The van der Waals surface area contributed by atoms with Gasteiger partial charge in [-0.3, -0.25) is 0 Å². The number of H-pyrrole nitrogens is 1. The van der Waals surface area contributed by atoms with Gasteiger partial charge in [0.05, 0.1) is 7.11 Å². The topological polar surface area (TPSA) is 50.8 Å². The SMILES string of the molecule is CCc1ccc(-c2ccnc3[nH]c(-c4cccc(OC)c4)nc23)cc1F. The lowest BCUT2D eigenvalue weighted by molar-refractivity contribution is 0.415. The number of rotatable bonds is 4. The summed E-state index contributed by atoms with van der Waals surface area (Å²) in [7, 11) is 1.63. The van der Waals surface area contributed by atoms with E-state index in [4.69, 9.17) is 9.72 Å². The van der Waals surface area contributed by atoms with E-state index in [0.29, 0.717) is 29.0 Å². The number of imidazole rings is 1. The normalized spacial score (nSPS) is 11.0. The van der Waals surface area contributed by atoms with Crippen LogP contribution in [0.25, 0.3) is 33.7 Å². The molecule has 4 rings (SSSR count). The molecule has 0 saturated heterocycles. The molecule has 4 nitrogen and oxygen atoms in total. The van der Waals surface area contributed by atoms with Crippen molar-refractivity contribution >= 4 is 11.2 Å². The number of aromatic amines is 1. The van der Waals surface area contributed by atoms with E-state index in [1.54, 1.807) is 19.4 Å². The van der Waals surface area contributed by atoms with E-state index in [2.05, 4.69) is 9.97 Å². The van der Waals surface area contributed by atoms with Crippen LogP contribution >= 0.6 is 0 Å². The van der Waals surface area contributed by atoms with Crippen LogP contribution in [0, 0.1) is 5.82 Å². The molecule has 0 amide bonds. The van der Waals surface area contributed by atoms with Crippen LogP contribution in [0.5, 0.6) is 5.75 Å². The molecular weight excluding hydrogens is 329 g/mol. The molecule has 4 aromatic rings. The Bertz CT molecular complexity index is 1090. The van der Waals surface area contributed by atoms with E-state index >= 15 is 0 Å². The van der Waals surface area contributed by atoms with Crippen LogP contribution < -0.4 is 4.74 Å². The zero-order valence-electron chi connectivity index (χ0n) is 14.6. The fourth-order valence-electron chi connectivity index (χ4n) is 3.05. The highest BCUT2D eigenvalue weighted by atomic mass is 19.1. The molecule has 0 spiro atoms. The Balaban J connectivity index is 1.84. The monoisotopic (exact) mass is 347 g/mol. The van der Waals surface area contributed by atoms with Crippen LogP contribution in [0.4, 0.5) is 4.39 Å². The van der Waals surface area contributed by atoms with Gasteiger partial charge in [-0.05, 0) is 41.8 Å². The highest BCUT2D eigenvalue weighted by Crippen LogP contribution is 2.30. The van der Waals surface area contributed by atoms with E-state index in [1.807, 2.05) is 49.4 Å². The first-order chi connectivity index (χ1) is 12.7. The third kappa shape index (κ3) is 2.81. The molecule has 0 aliphatic rings. The average molecular weight is 347 g/mol. The molecule has 0 atom stereocenters. The lowest BCUT2D eigenvalue weighted by Gasteiger charge is -2.05. The summed E-state index contributed by atoms with van der Waals surface area (Å²) in [5.74, 6) is 1.26. The Morgan fingerprint density at radius 3 is 2.73 bits per heavy atom. The molecule has 0 fully saturated rings. The van der Waals surface area contributed by atoms with Crippen molar-refractivity contribution in [3.63, 3.8) is 0 Å². The molecule has 0 radical (unpaired) electrons. The van der Waals surface area contributed by atoms with Gasteiger partial charge in [0, 0.05) is 17.3 Å². The zero-order valence-corrected chi connectivity index (χ0v) is 14.6. The summed E-state index contributed by atoms with van der Waals surface area (Å²) in [5.41, 5.74) is 4.63. The predicted octanol–water partition coefficient (Wildman–Crippen LogP) is 5.00. The molecule has 1 N–H and O–H groups in total. The minimum absolute atomic E-state index is 0.196. The van der Waals surface area contributed by atoms with Gasteiger partial charge in [-0.25, -0.2) is 14.4 Å². The number of hydrogen-bond acceptors (Lipinski definition) is 3. The van der Waals surface area contributed by atoms with E-state index in [0.717, 1.165) is 22.4 Å². The fraction of sp³-hybridized carbons (Fsp3) is 0.143. The smallest absolute Gasteiger partial charge is 0.158 e. The van der Waals surface area contributed by atoms with Gasteiger partial charge in [-0.1, -0.05) is 31.2 Å². The molecule has 0 aliphatic carbocycles. The third-order valence-corrected chi connectivity index (χ3v) is 4.47. The minimum Gasteiger partial charge on any atom is -0.497 e. The molecule has 2 aromatic carbocycles. The molecule has 5 heteroatoms. The number of nitrogens with one attached hydrogen (secondary N) is 1. The van der Waals surface area contributed by atoms with Crippen molar-refractivity contribution in [1.29, 1.82) is 0 Å². The quantitative estimate of drug-likeness (QED) is 0.565. The molecule has 0 saturated carbocycles. The van der Waals surface area contributed by atoms with E-state index in [9.17, 15) is 4.39 Å². The second-order valence-electron chi connectivity index (χ2n) is 6.03. The number of benzene rings is 2. The maximum absolute atomic E-state index is 14.2. The Kier molecular flexibility index (Phi) is 4.13. The molecule has 26 heavy (non-hydrogen) atoms. The highest BCUT2D eigenvalue weighted by Gasteiger charge is 2.13. The van der Waals surface area contributed by atoms with Crippen LogP contribution in [-0.4, -0.2) is 22.1 Å². The number of aryl methyl sites for hydroxylation is 1. The first-order valence-corrected chi connectivity index (χ1v) is 8.47. The number of aromatic nitrogens is 3. The number of fused-ring (bicyclic) bond motifs is 1. The summed E-state index contributed by atoms with van der Waals surface area (Å²) >= 11 is 0. The van der Waals surface area contributed by atoms with Crippen LogP contribution in [0.15, 0.2) is 54.7 Å². The fourth-order valence-corrected chi connectivity index (χ4v) is 3.05. The minimum atomic E-state index is -0.196. The van der Waals surface area contributed by atoms with Gasteiger partial charge < -0.3 is 9.72 Å². The molecule has 2 aromatic heterocycles. The van der Waals surface area contributed by atoms with Crippen molar-refractivity contribution in [3.05, 3.63) is 66.1 Å². The molecule has 2 heterocycles. The van der Waals surface area contributed by atoms with E-state index in [-0.39, 0.29) is 5.82 Å². The largest absolute Gasteiger partial charge is 0.497 e. The maximum atomic E-state index is 14.2. The number of ether oxygens (including phenoxy) is 1. The van der Waals surface area contributed by atoms with E-state index in [1.165, 1.54) is 0 Å². The van der Waals surface area contributed by atoms with Gasteiger partial charge in [-0.15, -0.1) is 0 Å². The van der Waals surface area contributed by atoms with Gasteiger partial charge in [0.25, 0.3) is 0 Å². The average Bonchev–Trinajstić information content (AvgIpc) is 3.12. The number of methoxy groups -OCH3 is 1. The first kappa shape index (κ1) is 16.3. The Morgan fingerprint density at radius 2 is 1.96 bits per heavy atom. The zero-order chi connectivity index (χ0) is 18.1. The summed E-state index contributed by atoms with van der Waals surface area (Å²) in [6.07, 6.45) is 2.37. The van der Waals surface area contributed by atoms with Gasteiger partial charge in [0.15, 0.2) is 5.65 Å². The highest BCUT2D eigenvalue weighted by molar-refractivity contribution is 5.91. The van der Waals surface area contributed by atoms with Crippen molar-refractivity contribution in [1.82, 2.24) is 15.0 Å². The Hall–Kier alpha value is -3.21. The van der Waals surface area contributed by atoms with Crippen molar-refractivity contribution in [2.75, 3.05) is 7.11 Å². The molecular formula is C21H18FN3O. The molecule has 0 aliphatic heterocycles. The van der Waals surface area contributed by atoms with Crippen molar-refractivity contribution in [2.24, 2.45) is 0 Å². The lowest BCUT2D eigenvalue weighted by Crippen LogP contribution is -1.90. The standard InChI is InChI=1S/C21H18FN3O/c1-3-13-7-8-14(12-18(13)22)17-9-10-23-21-19(17)24-20(25-21)15-5-4-6-16(11-15)26-2/h4-12H,3H2,1-2H3,(H,23,24,25). The molecule has 130 valence electrons. The van der Waals surface area contributed by atoms with Gasteiger partial charge >= 0.3 is 0 Å². The Morgan fingerprint density at radius 1 is 1.08 bits per heavy atom.